The summed E-state index contributed by atoms with van der Waals surface area (Å²) < 4.78 is 5.75. The van der Waals surface area contributed by atoms with Crippen molar-refractivity contribution in [2.45, 2.75) is 25.0 Å². The number of likely N-dealkylation sites (N-methyl/N-ethyl adjacent to an activating group) is 1. The van der Waals surface area contributed by atoms with E-state index in [-0.39, 0.29) is 12.0 Å². The van der Waals surface area contributed by atoms with Crippen molar-refractivity contribution in [1.29, 1.82) is 0 Å². The number of amides is 1. The van der Waals surface area contributed by atoms with E-state index in [1.807, 2.05) is 37.6 Å². The molecule has 0 bridgehead atoms. The van der Waals surface area contributed by atoms with Gasteiger partial charge in [-0.2, -0.15) is 0 Å². The third-order valence-corrected chi connectivity index (χ3v) is 6.16. The molecule has 2 fully saturated rings. The van der Waals surface area contributed by atoms with E-state index in [9.17, 15) is 4.79 Å². The molecule has 4 atom stereocenters. The highest BCUT2D eigenvalue weighted by Crippen LogP contribution is 2.39. The summed E-state index contributed by atoms with van der Waals surface area (Å²) in [7, 11) is 6.06. The molecule has 1 aromatic heterocycles. The molecule has 1 aliphatic heterocycles. The van der Waals surface area contributed by atoms with Crippen LogP contribution in [0.2, 0.25) is 0 Å². The number of carbonyl (C=O) groups is 1. The molecular formula is C20H27N3O2. The van der Waals surface area contributed by atoms with Gasteiger partial charge in [-0.25, -0.2) is 0 Å². The van der Waals surface area contributed by atoms with Crippen LogP contribution in [-0.4, -0.2) is 67.1 Å². The highest BCUT2D eigenvalue weighted by Gasteiger charge is 2.44. The second kappa shape index (κ2) is 6.46. The Hall–Kier alpha value is -1.85. The first-order valence-corrected chi connectivity index (χ1v) is 9.13. The normalized spacial score (nSPS) is 29.4. The number of benzene rings is 1. The summed E-state index contributed by atoms with van der Waals surface area (Å²) in [5.74, 6) is 1.28. The van der Waals surface area contributed by atoms with Crippen molar-refractivity contribution in [3.05, 3.63) is 36.0 Å². The van der Waals surface area contributed by atoms with Crippen molar-refractivity contribution < 1.29 is 9.53 Å². The van der Waals surface area contributed by atoms with Gasteiger partial charge in [-0.15, -0.1) is 0 Å². The zero-order chi connectivity index (χ0) is 17.6. The Kier molecular flexibility index (Phi) is 4.29. The van der Waals surface area contributed by atoms with Gasteiger partial charge >= 0.3 is 0 Å². The first kappa shape index (κ1) is 16.6. The number of aromatic amines is 1. The first-order valence-electron chi connectivity index (χ1n) is 9.13. The van der Waals surface area contributed by atoms with Crippen LogP contribution < -0.4 is 0 Å². The van der Waals surface area contributed by atoms with E-state index in [2.05, 4.69) is 28.9 Å². The molecule has 2 heterocycles. The number of hydrogen-bond donors (Lipinski definition) is 1. The minimum Gasteiger partial charge on any atom is -0.380 e. The molecule has 1 aromatic carbocycles. The van der Waals surface area contributed by atoms with Gasteiger partial charge < -0.3 is 19.5 Å². The number of fused-ring (bicyclic) bond motifs is 2. The van der Waals surface area contributed by atoms with E-state index < -0.39 is 0 Å². The van der Waals surface area contributed by atoms with E-state index in [1.54, 1.807) is 0 Å². The van der Waals surface area contributed by atoms with Crippen LogP contribution in [0.25, 0.3) is 10.9 Å². The average Bonchev–Trinajstić information content (AvgIpc) is 3.23. The molecule has 5 nitrogen and oxygen atoms in total. The van der Waals surface area contributed by atoms with Gasteiger partial charge in [0.2, 0.25) is 0 Å². The number of nitrogens with zero attached hydrogens (tertiary/aromatic N) is 2. The molecule has 2 aromatic rings. The molecule has 25 heavy (non-hydrogen) atoms. The van der Waals surface area contributed by atoms with E-state index in [1.165, 1.54) is 0 Å². The summed E-state index contributed by atoms with van der Waals surface area (Å²) >= 11 is 0. The molecule has 1 amide bonds. The van der Waals surface area contributed by atoms with Gasteiger partial charge in [0, 0.05) is 43.3 Å². The van der Waals surface area contributed by atoms with Crippen LogP contribution in [0.15, 0.2) is 30.5 Å². The molecule has 0 unspecified atom stereocenters. The summed E-state index contributed by atoms with van der Waals surface area (Å²) in [6, 6.07) is 8.45. The van der Waals surface area contributed by atoms with E-state index in [0.29, 0.717) is 17.9 Å². The fraction of sp³-hybridized carbons (Fsp3) is 0.550. The summed E-state index contributed by atoms with van der Waals surface area (Å²) in [6.45, 7) is 1.72. The van der Waals surface area contributed by atoms with Gasteiger partial charge in [0.25, 0.3) is 5.91 Å². The quantitative estimate of drug-likeness (QED) is 0.933. The van der Waals surface area contributed by atoms with Gasteiger partial charge in [0.1, 0.15) is 0 Å². The average molecular weight is 341 g/mol. The highest BCUT2D eigenvalue weighted by molar-refractivity contribution is 6.06. The highest BCUT2D eigenvalue weighted by atomic mass is 16.5. The second-order valence-corrected chi connectivity index (χ2v) is 7.75. The monoisotopic (exact) mass is 341 g/mol. The summed E-state index contributed by atoms with van der Waals surface area (Å²) in [5, 5.41) is 1.02. The molecular weight excluding hydrogens is 314 g/mol. The van der Waals surface area contributed by atoms with Crippen molar-refractivity contribution in [3.8, 4) is 0 Å². The molecule has 1 N–H and O–H groups in total. The van der Waals surface area contributed by atoms with Crippen LogP contribution in [0.4, 0.5) is 0 Å². The zero-order valence-electron chi connectivity index (χ0n) is 15.2. The van der Waals surface area contributed by atoms with Crippen LogP contribution in [0, 0.1) is 11.8 Å². The van der Waals surface area contributed by atoms with Crippen molar-refractivity contribution >= 4 is 16.8 Å². The molecule has 4 rings (SSSR count). The standard InChI is InChI=1S/C20H27N3O2/c1-22(2)18-8-13-11-23(12-14(13)9-19(18)25-3)20(24)16-10-21-17-7-5-4-6-15(16)17/h4-7,10,13-14,18-19,21H,8-9,11-12H2,1-3H3/t13-,14+,18-,19-/m1/s1. The Bertz CT molecular complexity index is 769. The number of aromatic nitrogens is 1. The Balaban J connectivity index is 1.53. The van der Waals surface area contributed by atoms with E-state index in [4.69, 9.17) is 4.74 Å². The van der Waals surface area contributed by atoms with Crippen LogP contribution >= 0.6 is 0 Å². The third kappa shape index (κ3) is 2.85. The molecule has 0 radical (unpaired) electrons. The van der Waals surface area contributed by atoms with Crippen LogP contribution in [0.5, 0.6) is 0 Å². The Morgan fingerprint density at radius 2 is 1.92 bits per heavy atom. The van der Waals surface area contributed by atoms with Crippen LogP contribution in [0.3, 0.4) is 0 Å². The Morgan fingerprint density at radius 1 is 1.20 bits per heavy atom. The summed E-state index contributed by atoms with van der Waals surface area (Å²) in [6.07, 6.45) is 4.27. The fourth-order valence-electron chi connectivity index (χ4n) is 4.77. The lowest BCUT2D eigenvalue weighted by atomic mass is 9.77. The number of rotatable bonds is 3. The number of hydrogen-bond acceptors (Lipinski definition) is 3. The molecule has 5 heteroatoms. The van der Waals surface area contributed by atoms with Crippen LogP contribution in [-0.2, 0) is 4.74 Å². The van der Waals surface area contributed by atoms with Crippen molar-refractivity contribution in [3.63, 3.8) is 0 Å². The zero-order valence-corrected chi connectivity index (χ0v) is 15.2. The Morgan fingerprint density at radius 3 is 2.64 bits per heavy atom. The number of methoxy groups -OCH3 is 1. The minimum atomic E-state index is 0.155. The first-order chi connectivity index (χ1) is 12.1. The molecule has 1 saturated heterocycles. The smallest absolute Gasteiger partial charge is 0.256 e. The minimum absolute atomic E-state index is 0.155. The van der Waals surface area contributed by atoms with Crippen molar-refractivity contribution in [2.24, 2.45) is 11.8 Å². The molecule has 1 saturated carbocycles. The maximum atomic E-state index is 13.1. The van der Waals surface area contributed by atoms with Crippen molar-refractivity contribution in [2.75, 3.05) is 34.3 Å². The number of carbonyl (C=O) groups excluding carboxylic acids is 1. The Labute approximate surface area is 148 Å². The van der Waals surface area contributed by atoms with Gasteiger partial charge in [-0.1, -0.05) is 18.2 Å². The SMILES string of the molecule is CO[C@@H]1C[C@H]2CN(C(=O)c3c[nH]c4ccccc34)C[C@H]2C[C@H]1N(C)C. The summed E-state index contributed by atoms with van der Waals surface area (Å²) in [4.78, 5) is 20.6. The topological polar surface area (TPSA) is 48.6 Å². The molecule has 2 aliphatic rings. The van der Waals surface area contributed by atoms with Crippen LogP contribution in [0.1, 0.15) is 23.2 Å². The maximum absolute atomic E-state index is 13.1. The molecule has 0 spiro atoms. The largest absolute Gasteiger partial charge is 0.380 e. The van der Waals surface area contributed by atoms with Crippen molar-refractivity contribution in [1.82, 2.24) is 14.8 Å². The molecule has 1 aliphatic carbocycles. The number of para-hydroxylation sites is 1. The van der Waals surface area contributed by atoms with E-state index >= 15 is 0 Å². The number of H-pyrrole nitrogens is 1. The van der Waals surface area contributed by atoms with Gasteiger partial charge in [0.05, 0.1) is 11.7 Å². The lowest BCUT2D eigenvalue weighted by Gasteiger charge is -2.40. The fourth-order valence-corrected chi connectivity index (χ4v) is 4.77. The number of nitrogens with one attached hydrogen (secondary N) is 1. The predicted octanol–water partition coefficient (Wildman–Crippen LogP) is 2.60. The van der Waals surface area contributed by atoms with Gasteiger partial charge in [-0.3, -0.25) is 4.79 Å². The number of likely N-dealkylation sites (tertiary alicyclic amines) is 1. The van der Waals surface area contributed by atoms with E-state index in [0.717, 1.165) is 42.4 Å². The lowest BCUT2D eigenvalue weighted by molar-refractivity contribution is -0.0209. The summed E-state index contributed by atoms with van der Waals surface area (Å²) in [5.41, 5.74) is 1.82. The maximum Gasteiger partial charge on any atom is 0.256 e. The van der Waals surface area contributed by atoms with Gasteiger partial charge in [0.15, 0.2) is 0 Å². The lowest BCUT2D eigenvalue weighted by Crippen LogP contribution is -2.47. The molecule has 134 valence electrons. The second-order valence-electron chi connectivity index (χ2n) is 7.75. The number of ether oxygens (including phenoxy) is 1. The van der Waals surface area contributed by atoms with Gasteiger partial charge in [-0.05, 0) is 44.8 Å². The predicted molar refractivity (Wildman–Crippen MR) is 98.7 cm³/mol. The third-order valence-electron chi connectivity index (χ3n) is 6.16.